The van der Waals surface area contributed by atoms with Crippen LogP contribution in [0.2, 0.25) is 5.02 Å². The number of para-hydroxylation sites is 1. The first kappa shape index (κ1) is 15.3. The smallest absolute Gasteiger partial charge is 0.313 e. The van der Waals surface area contributed by atoms with Crippen molar-refractivity contribution in [2.24, 2.45) is 5.73 Å². The molecule has 0 aliphatic rings. The summed E-state index contributed by atoms with van der Waals surface area (Å²) in [6.07, 6.45) is 0. The number of hydrogen-bond acceptors (Lipinski definition) is 4. The lowest BCUT2D eigenvalue weighted by atomic mass is 10.2. The van der Waals surface area contributed by atoms with E-state index in [0.29, 0.717) is 15.8 Å². The van der Waals surface area contributed by atoms with E-state index >= 15 is 0 Å². The van der Waals surface area contributed by atoms with Gasteiger partial charge in [0.15, 0.2) is 0 Å². The predicted molar refractivity (Wildman–Crippen MR) is 83.3 cm³/mol. The van der Waals surface area contributed by atoms with Crippen LogP contribution in [0.25, 0.3) is 0 Å². The maximum absolute atomic E-state index is 11.0. The fraction of sp³-hybridized carbons (Fsp3) is 0. The number of nitrogen functional groups attached to an aromatic ring is 1. The van der Waals surface area contributed by atoms with Crippen LogP contribution in [0.4, 0.5) is 5.69 Å². The highest BCUT2D eigenvalue weighted by atomic mass is 79.9. The molecule has 0 amide bonds. The van der Waals surface area contributed by atoms with Gasteiger partial charge in [0, 0.05) is 16.1 Å². The zero-order valence-corrected chi connectivity index (χ0v) is 12.8. The monoisotopic (exact) mass is 369 g/mol. The van der Waals surface area contributed by atoms with Crippen molar-refractivity contribution in [2.45, 2.75) is 0 Å². The molecular formula is C13H9BrClN3O3. The third-order valence-electron chi connectivity index (χ3n) is 2.59. The van der Waals surface area contributed by atoms with E-state index in [4.69, 9.17) is 27.5 Å². The highest BCUT2D eigenvalue weighted by Gasteiger charge is 2.19. The topological polar surface area (TPSA) is 102 Å². The Morgan fingerprint density at radius 2 is 2.10 bits per heavy atom. The number of nitro groups is 1. The van der Waals surface area contributed by atoms with Gasteiger partial charge in [0.1, 0.15) is 11.6 Å². The lowest BCUT2D eigenvalue weighted by Gasteiger charge is -2.09. The lowest BCUT2D eigenvalue weighted by Crippen LogP contribution is -2.11. The number of hydrogen-bond donors (Lipinski definition) is 2. The molecule has 0 heterocycles. The summed E-state index contributed by atoms with van der Waals surface area (Å²) in [6.45, 7) is 0. The van der Waals surface area contributed by atoms with Crippen LogP contribution in [0.5, 0.6) is 11.5 Å². The van der Waals surface area contributed by atoms with Gasteiger partial charge in [0.25, 0.3) is 0 Å². The third-order valence-corrected chi connectivity index (χ3v) is 3.55. The molecule has 2 rings (SSSR count). The molecule has 2 aromatic carbocycles. The van der Waals surface area contributed by atoms with Crippen molar-refractivity contribution in [1.29, 1.82) is 5.41 Å². The summed E-state index contributed by atoms with van der Waals surface area (Å²) >= 11 is 9.21. The molecule has 21 heavy (non-hydrogen) atoms. The van der Waals surface area contributed by atoms with E-state index < -0.39 is 4.92 Å². The first-order valence-corrected chi connectivity index (χ1v) is 6.82. The molecule has 0 saturated heterocycles. The fourth-order valence-corrected chi connectivity index (χ4v) is 2.42. The molecule has 0 unspecified atom stereocenters. The Labute approximate surface area is 133 Å². The van der Waals surface area contributed by atoms with E-state index in [1.54, 1.807) is 18.2 Å². The fourth-order valence-electron chi connectivity index (χ4n) is 1.64. The van der Waals surface area contributed by atoms with Crippen LogP contribution < -0.4 is 10.5 Å². The van der Waals surface area contributed by atoms with Crippen molar-refractivity contribution in [3.8, 4) is 11.5 Å². The van der Waals surface area contributed by atoms with Crippen molar-refractivity contribution >= 4 is 39.1 Å². The molecule has 0 aliphatic carbocycles. The first-order valence-electron chi connectivity index (χ1n) is 5.65. The van der Waals surface area contributed by atoms with Crippen molar-refractivity contribution in [1.82, 2.24) is 0 Å². The average molecular weight is 371 g/mol. The van der Waals surface area contributed by atoms with Gasteiger partial charge in [0.2, 0.25) is 5.75 Å². The molecule has 0 spiro atoms. The number of rotatable bonds is 4. The van der Waals surface area contributed by atoms with E-state index in [-0.39, 0.29) is 22.3 Å². The second kappa shape index (κ2) is 6.11. The molecular weight excluding hydrogens is 362 g/mol. The summed E-state index contributed by atoms with van der Waals surface area (Å²) in [5.41, 5.74) is 5.68. The van der Waals surface area contributed by atoms with E-state index in [2.05, 4.69) is 15.9 Å². The summed E-state index contributed by atoms with van der Waals surface area (Å²) in [6, 6.07) is 8.97. The number of benzene rings is 2. The number of nitrogens with two attached hydrogens (primary N) is 1. The van der Waals surface area contributed by atoms with Gasteiger partial charge in [-0.3, -0.25) is 15.5 Å². The molecule has 8 heteroatoms. The van der Waals surface area contributed by atoms with Crippen molar-refractivity contribution < 1.29 is 9.66 Å². The number of ether oxygens (including phenoxy) is 1. The number of nitrogens with zero attached hydrogens (tertiary/aromatic N) is 1. The van der Waals surface area contributed by atoms with Crippen LogP contribution in [0.3, 0.4) is 0 Å². The summed E-state index contributed by atoms with van der Waals surface area (Å²) < 4.78 is 6.05. The standard InChI is InChI=1S/C13H9BrClN3O3/c14-9-6-7(4-5-8(9)13(16)17)21-12-10(15)2-1-3-11(12)18(19)20/h1-6H,(H3,16,17). The minimum atomic E-state index is -0.569. The summed E-state index contributed by atoms with van der Waals surface area (Å²) in [5.74, 6) is 0.201. The van der Waals surface area contributed by atoms with Crippen LogP contribution in [0, 0.1) is 15.5 Å². The van der Waals surface area contributed by atoms with Gasteiger partial charge in [-0.15, -0.1) is 0 Å². The Morgan fingerprint density at radius 1 is 1.38 bits per heavy atom. The number of nitro benzene ring substituents is 1. The van der Waals surface area contributed by atoms with Crippen molar-refractivity contribution in [3.63, 3.8) is 0 Å². The molecule has 6 nitrogen and oxygen atoms in total. The highest BCUT2D eigenvalue weighted by molar-refractivity contribution is 9.10. The summed E-state index contributed by atoms with van der Waals surface area (Å²) in [4.78, 5) is 10.4. The Kier molecular flexibility index (Phi) is 4.44. The Hall–Kier alpha value is -2.12. The number of halogens is 2. The normalized spacial score (nSPS) is 10.2. The summed E-state index contributed by atoms with van der Waals surface area (Å²) in [7, 11) is 0. The Morgan fingerprint density at radius 3 is 2.67 bits per heavy atom. The molecule has 0 aromatic heterocycles. The maximum Gasteiger partial charge on any atom is 0.313 e. The average Bonchev–Trinajstić information content (AvgIpc) is 2.40. The largest absolute Gasteiger partial charge is 0.448 e. The lowest BCUT2D eigenvalue weighted by molar-refractivity contribution is -0.385. The first-order chi connectivity index (χ1) is 9.90. The van der Waals surface area contributed by atoms with E-state index in [0.717, 1.165) is 0 Å². The van der Waals surface area contributed by atoms with Crippen LogP contribution in [-0.2, 0) is 0 Å². The van der Waals surface area contributed by atoms with Crippen molar-refractivity contribution in [2.75, 3.05) is 0 Å². The van der Waals surface area contributed by atoms with E-state index in [1.165, 1.54) is 18.2 Å². The molecule has 3 N–H and O–H groups in total. The van der Waals surface area contributed by atoms with Crippen LogP contribution in [-0.4, -0.2) is 10.8 Å². The van der Waals surface area contributed by atoms with Crippen molar-refractivity contribution in [3.05, 3.63) is 61.6 Å². The van der Waals surface area contributed by atoms with Crippen LogP contribution >= 0.6 is 27.5 Å². The Balaban J connectivity index is 2.41. The summed E-state index contributed by atoms with van der Waals surface area (Å²) in [5, 5.41) is 18.5. The molecule has 2 aromatic rings. The number of amidine groups is 1. The third kappa shape index (κ3) is 3.32. The second-order valence-electron chi connectivity index (χ2n) is 4.00. The molecule has 0 atom stereocenters. The minimum absolute atomic E-state index is 0.0355. The second-order valence-corrected chi connectivity index (χ2v) is 5.26. The van der Waals surface area contributed by atoms with Gasteiger partial charge in [-0.1, -0.05) is 17.7 Å². The minimum Gasteiger partial charge on any atom is -0.448 e. The zero-order valence-electron chi connectivity index (χ0n) is 10.5. The Bertz CT molecular complexity index is 737. The molecule has 0 saturated carbocycles. The molecule has 108 valence electrons. The SMILES string of the molecule is N=C(N)c1ccc(Oc2c(Cl)cccc2[N+](=O)[O-])cc1Br. The van der Waals surface area contributed by atoms with Crippen LogP contribution in [0.1, 0.15) is 5.56 Å². The van der Waals surface area contributed by atoms with Gasteiger partial charge in [-0.25, -0.2) is 0 Å². The molecule has 0 radical (unpaired) electrons. The van der Waals surface area contributed by atoms with E-state index in [1.807, 2.05) is 0 Å². The molecule has 0 bridgehead atoms. The predicted octanol–water partition coefficient (Wildman–Crippen LogP) is 4.09. The number of nitrogens with one attached hydrogen (secondary N) is 1. The van der Waals surface area contributed by atoms with Gasteiger partial charge in [-0.05, 0) is 40.2 Å². The van der Waals surface area contributed by atoms with Gasteiger partial charge < -0.3 is 10.5 Å². The molecule has 0 aliphatic heterocycles. The van der Waals surface area contributed by atoms with Gasteiger partial charge in [0.05, 0.1) is 9.95 Å². The van der Waals surface area contributed by atoms with E-state index in [9.17, 15) is 10.1 Å². The highest BCUT2D eigenvalue weighted by Crippen LogP contribution is 2.38. The quantitative estimate of drug-likeness (QED) is 0.366. The molecule has 0 fully saturated rings. The van der Waals surface area contributed by atoms with Gasteiger partial charge in [-0.2, -0.15) is 0 Å². The zero-order chi connectivity index (χ0) is 15.6. The van der Waals surface area contributed by atoms with Crippen LogP contribution in [0.15, 0.2) is 40.9 Å². The van der Waals surface area contributed by atoms with Gasteiger partial charge >= 0.3 is 5.69 Å². The maximum atomic E-state index is 11.0.